The number of hydrogen-bond donors (Lipinski definition) is 2. The molecule has 8 heteroatoms. The largest absolute Gasteiger partial charge is 0.493 e. The molecule has 7 nitrogen and oxygen atoms in total. The average Bonchev–Trinajstić information content (AvgIpc) is 2.86. The number of nitriles is 1. The van der Waals surface area contributed by atoms with Crippen molar-refractivity contribution < 1.29 is 19.1 Å². The summed E-state index contributed by atoms with van der Waals surface area (Å²) in [4.78, 5) is 24.7. The van der Waals surface area contributed by atoms with E-state index in [0.29, 0.717) is 32.9 Å². The average molecular weight is 567 g/mol. The fourth-order valence-corrected chi connectivity index (χ4v) is 3.79. The predicted octanol–water partition coefficient (Wildman–Crippen LogP) is 4.54. The SMILES string of the molecule is COc1cc(/C=C(\C#N)C(=O)NCc2ccccc2)cc(I)c1OCC(=O)Nc1ccccc1. The van der Waals surface area contributed by atoms with Gasteiger partial charge in [0.25, 0.3) is 11.8 Å². The molecule has 34 heavy (non-hydrogen) atoms. The molecule has 0 radical (unpaired) electrons. The molecule has 0 unspecified atom stereocenters. The highest BCUT2D eigenvalue weighted by atomic mass is 127. The number of amides is 2. The van der Waals surface area contributed by atoms with Crippen LogP contribution in [-0.2, 0) is 16.1 Å². The summed E-state index contributed by atoms with van der Waals surface area (Å²) < 4.78 is 11.8. The molecule has 0 heterocycles. The number of benzene rings is 3. The summed E-state index contributed by atoms with van der Waals surface area (Å²) in [5, 5.41) is 15.0. The van der Waals surface area contributed by atoms with Gasteiger partial charge in [-0.25, -0.2) is 0 Å². The molecule has 3 rings (SSSR count). The Bertz CT molecular complexity index is 1220. The second-order valence-corrected chi connectivity index (χ2v) is 8.24. The predicted molar refractivity (Wildman–Crippen MR) is 138 cm³/mol. The van der Waals surface area contributed by atoms with Crippen molar-refractivity contribution in [3.8, 4) is 17.6 Å². The van der Waals surface area contributed by atoms with Crippen molar-refractivity contribution >= 4 is 46.2 Å². The van der Waals surface area contributed by atoms with E-state index in [-0.39, 0.29) is 18.1 Å². The first-order valence-electron chi connectivity index (χ1n) is 10.3. The van der Waals surface area contributed by atoms with Crippen LogP contribution in [0.25, 0.3) is 6.08 Å². The third-order valence-electron chi connectivity index (χ3n) is 4.63. The van der Waals surface area contributed by atoms with Gasteiger partial charge in [0.2, 0.25) is 0 Å². The number of rotatable bonds is 9. The number of methoxy groups -OCH3 is 1. The molecule has 3 aromatic rings. The van der Waals surface area contributed by atoms with Gasteiger partial charge >= 0.3 is 0 Å². The van der Waals surface area contributed by atoms with Crippen molar-refractivity contribution in [3.05, 3.63) is 93.1 Å². The van der Waals surface area contributed by atoms with E-state index in [4.69, 9.17) is 9.47 Å². The maximum Gasteiger partial charge on any atom is 0.262 e. The molecule has 2 N–H and O–H groups in total. The molecule has 172 valence electrons. The number of para-hydroxylation sites is 1. The van der Waals surface area contributed by atoms with E-state index in [0.717, 1.165) is 5.56 Å². The molecule has 0 aliphatic heterocycles. The first-order chi connectivity index (χ1) is 16.5. The number of hydrogen-bond acceptors (Lipinski definition) is 5. The van der Waals surface area contributed by atoms with Crippen LogP contribution < -0.4 is 20.1 Å². The number of anilines is 1. The molecule has 3 aromatic carbocycles. The summed E-state index contributed by atoms with van der Waals surface area (Å²) in [6.07, 6.45) is 1.48. The molecule has 0 fully saturated rings. The lowest BCUT2D eigenvalue weighted by molar-refractivity contribution is -0.118. The van der Waals surface area contributed by atoms with E-state index in [1.807, 2.05) is 54.6 Å². The molecule has 0 saturated heterocycles. The van der Waals surface area contributed by atoms with Crippen molar-refractivity contribution in [1.82, 2.24) is 5.32 Å². The highest BCUT2D eigenvalue weighted by Gasteiger charge is 2.15. The minimum absolute atomic E-state index is 0.0373. The number of halogens is 1. The third-order valence-corrected chi connectivity index (χ3v) is 5.43. The molecule has 0 atom stereocenters. The normalized spacial score (nSPS) is 10.7. The first kappa shape index (κ1) is 24.8. The summed E-state index contributed by atoms with van der Waals surface area (Å²) in [6.45, 7) is 0.110. The zero-order valence-corrected chi connectivity index (χ0v) is 20.5. The van der Waals surface area contributed by atoms with Crippen molar-refractivity contribution in [2.24, 2.45) is 0 Å². The van der Waals surface area contributed by atoms with Crippen LogP contribution in [0, 0.1) is 14.9 Å². The molecule has 2 amide bonds. The van der Waals surface area contributed by atoms with E-state index in [2.05, 4.69) is 33.2 Å². The van der Waals surface area contributed by atoms with Crippen molar-refractivity contribution in [3.63, 3.8) is 0 Å². The fourth-order valence-electron chi connectivity index (χ4n) is 3.01. The van der Waals surface area contributed by atoms with Gasteiger partial charge in [0.15, 0.2) is 18.1 Å². The van der Waals surface area contributed by atoms with Gasteiger partial charge in [-0.3, -0.25) is 9.59 Å². The zero-order valence-electron chi connectivity index (χ0n) is 18.4. The Morgan fingerprint density at radius 3 is 2.38 bits per heavy atom. The molecule has 0 saturated carbocycles. The van der Waals surface area contributed by atoms with Crippen molar-refractivity contribution in [1.29, 1.82) is 5.26 Å². The summed E-state index contributed by atoms with van der Waals surface area (Å²) >= 11 is 2.06. The Labute approximate surface area is 211 Å². The Morgan fingerprint density at radius 2 is 1.74 bits per heavy atom. The smallest absolute Gasteiger partial charge is 0.262 e. The minimum Gasteiger partial charge on any atom is -0.493 e. The quantitative estimate of drug-likeness (QED) is 0.225. The van der Waals surface area contributed by atoms with E-state index in [1.54, 1.807) is 24.3 Å². The highest BCUT2D eigenvalue weighted by Crippen LogP contribution is 2.34. The maximum absolute atomic E-state index is 12.5. The van der Waals surface area contributed by atoms with Gasteiger partial charge in [-0.2, -0.15) is 5.26 Å². The van der Waals surface area contributed by atoms with Crippen LogP contribution in [-0.4, -0.2) is 25.5 Å². The van der Waals surface area contributed by atoms with Crippen LogP contribution in [0.1, 0.15) is 11.1 Å². The minimum atomic E-state index is -0.474. The second kappa shape index (κ2) is 12.4. The number of nitrogens with one attached hydrogen (secondary N) is 2. The van der Waals surface area contributed by atoms with Crippen LogP contribution >= 0.6 is 22.6 Å². The van der Waals surface area contributed by atoms with Gasteiger partial charge < -0.3 is 20.1 Å². The second-order valence-electron chi connectivity index (χ2n) is 7.08. The fraction of sp³-hybridized carbons (Fsp3) is 0.115. The third kappa shape index (κ3) is 7.08. The first-order valence-corrected chi connectivity index (χ1v) is 11.4. The van der Waals surface area contributed by atoms with Crippen LogP contribution in [0.15, 0.2) is 78.4 Å². The van der Waals surface area contributed by atoms with E-state index in [1.165, 1.54) is 13.2 Å². The zero-order chi connectivity index (χ0) is 24.3. The number of carbonyl (C=O) groups is 2. The van der Waals surface area contributed by atoms with Gasteiger partial charge in [-0.05, 0) is 64.1 Å². The molecule has 0 spiro atoms. The van der Waals surface area contributed by atoms with Crippen molar-refractivity contribution in [2.45, 2.75) is 6.54 Å². The van der Waals surface area contributed by atoms with Gasteiger partial charge in [-0.15, -0.1) is 0 Å². The number of carbonyl (C=O) groups excluding carboxylic acids is 2. The standard InChI is InChI=1S/C26H22IN3O4/c1-33-23-14-19(12-20(15-28)26(32)29-16-18-8-4-2-5-9-18)13-22(27)25(23)34-17-24(31)30-21-10-6-3-7-11-21/h2-14H,16-17H2,1H3,(H,29,32)(H,30,31)/b20-12+. The topological polar surface area (TPSA) is 100 Å². The lowest BCUT2D eigenvalue weighted by Gasteiger charge is -2.14. The molecule has 0 bridgehead atoms. The maximum atomic E-state index is 12.5. The van der Waals surface area contributed by atoms with Crippen LogP contribution in [0.3, 0.4) is 0 Å². The monoisotopic (exact) mass is 567 g/mol. The summed E-state index contributed by atoms with van der Waals surface area (Å²) in [6, 6.07) is 23.9. The summed E-state index contributed by atoms with van der Waals surface area (Å²) in [5.74, 6) is -0.00346. The van der Waals surface area contributed by atoms with Crippen LogP contribution in [0.5, 0.6) is 11.5 Å². The van der Waals surface area contributed by atoms with Crippen LogP contribution in [0.4, 0.5) is 5.69 Å². The Balaban J connectivity index is 1.69. The molecular weight excluding hydrogens is 545 g/mol. The van der Waals surface area contributed by atoms with Crippen molar-refractivity contribution in [2.75, 3.05) is 19.0 Å². The van der Waals surface area contributed by atoms with E-state index in [9.17, 15) is 14.9 Å². The van der Waals surface area contributed by atoms with Gasteiger partial charge in [0, 0.05) is 12.2 Å². The molecule has 0 aromatic heterocycles. The molecule has 0 aliphatic rings. The van der Waals surface area contributed by atoms with Gasteiger partial charge in [0.05, 0.1) is 10.7 Å². The summed E-state index contributed by atoms with van der Waals surface area (Å²) in [7, 11) is 1.48. The highest BCUT2D eigenvalue weighted by molar-refractivity contribution is 14.1. The van der Waals surface area contributed by atoms with E-state index >= 15 is 0 Å². The van der Waals surface area contributed by atoms with Crippen LogP contribution in [0.2, 0.25) is 0 Å². The van der Waals surface area contributed by atoms with Gasteiger partial charge in [-0.1, -0.05) is 48.5 Å². The Morgan fingerprint density at radius 1 is 1.06 bits per heavy atom. The van der Waals surface area contributed by atoms with E-state index < -0.39 is 5.91 Å². The molecular formula is C26H22IN3O4. The lowest BCUT2D eigenvalue weighted by atomic mass is 10.1. The number of ether oxygens (including phenoxy) is 2. The Hall–Kier alpha value is -3.84. The number of nitrogens with zero attached hydrogens (tertiary/aromatic N) is 1. The van der Waals surface area contributed by atoms with Gasteiger partial charge in [0.1, 0.15) is 11.6 Å². The lowest BCUT2D eigenvalue weighted by Crippen LogP contribution is -2.23. The molecule has 0 aliphatic carbocycles. The Kier molecular flexibility index (Phi) is 9.05. The summed E-state index contributed by atoms with van der Waals surface area (Å²) in [5.41, 5.74) is 2.16.